The first kappa shape index (κ1) is 24.1. The number of hydrogen-bond donors (Lipinski definition) is 2. The first-order chi connectivity index (χ1) is 18.9. The number of hydrogen-bond acceptors (Lipinski definition) is 7. The van der Waals surface area contributed by atoms with Gasteiger partial charge in [-0.05, 0) is 42.9 Å². The van der Waals surface area contributed by atoms with Crippen LogP contribution < -0.4 is 4.90 Å². The molecule has 2 N–H and O–H groups in total. The number of halogens is 2. The van der Waals surface area contributed by atoms with Gasteiger partial charge in [-0.3, -0.25) is 15.0 Å². The molecule has 2 fully saturated rings. The molecule has 11 heteroatoms. The Morgan fingerprint density at radius 2 is 1.87 bits per heavy atom. The summed E-state index contributed by atoms with van der Waals surface area (Å²) in [5.41, 5.74) is 6.66. The van der Waals surface area contributed by atoms with Gasteiger partial charge in [0.1, 0.15) is 17.0 Å². The third-order valence-electron chi connectivity index (χ3n) is 7.74. The van der Waals surface area contributed by atoms with E-state index in [0.717, 1.165) is 82.1 Å². The molecule has 2 aliphatic rings. The summed E-state index contributed by atoms with van der Waals surface area (Å²) in [6, 6.07) is 9.96. The summed E-state index contributed by atoms with van der Waals surface area (Å²) in [6.45, 7) is 4.50. The Morgan fingerprint density at radius 1 is 1.00 bits per heavy atom. The lowest BCUT2D eigenvalue weighted by Crippen LogP contribution is -2.44. The largest absolute Gasteiger partial charge is 0.353 e. The van der Waals surface area contributed by atoms with Crippen molar-refractivity contribution in [2.24, 2.45) is 0 Å². The molecule has 0 spiro atoms. The van der Waals surface area contributed by atoms with E-state index in [2.05, 4.69) is 43.1 Å². The van der Waals surface area contributed by atoms with Crippen molar-refractivity contribution in [3.63, 3.8) is 0 Å². The van der Waals surface area contributed by atoms with Crippen molar-refractivity contribution < 1.29 is 8.78 Å². The number of H-pyrrole nitrogens is 2. The molecule has 0 unspecified atom stereocenters. The SMILES string of the molecule is CN1CCN(c2nccc3[nH]c(-c4n[nH]c5ccc(-c6cncc(CN7CCC(F)(F)C7)c6)nc45)cc23)CC1. The van der Waals surface area contributed by atoms with E-state index in [1.807, 2.05) is 30.5 Å². The maximum atomic E-state index is 13.6. The van der Waals surface area contributed by atoms with E-state index in [1.54, 1.807) is 17.3 Å². The highest BCUT2D eigenvalue weighted by molar-refractivity contribution is 5.98. The third-order valence-corrected chi connectivity index (χ3v) is 7.74. The lowest BCUT2D eigenvalue weighted by Gasteiger charge is -2.33. The number of pyridine rings is 3. The predicted octanol–water partition coefficient (Wildman–Crippen LogP) is 4.16. The molecule has 0 aliphatic carbocycles. The van der Waals surface area contributed by atoms with Gasteiger partial charge in [-0.25, -0.2) is 18.7 Å². The molecule has 2 saturated heterocycles. The summed E-state index contributed by atoms with van der Waals surface area (Å²) >= 11 is 0. The van der Waals surface area contributed by atoms with Crippen LogP contribution in [0.4, 0.5) is 14.6 Å². The summed E-state index contributed by atoms with van der Waals surface area (Å²) in [6.07, 6.45) is 5.24. The minimum absolute atomic E-state index is 0.0949. The number of nitrogens with one attached hydrogen (secondary N) is 2. The van der Waals surface area contributed by atoms with Crippen LogP contribution in [0.3, 0.4) is 0 Å². The van der Waals surface area contributed by atoms with Gasteiger partial charge in [0.2, 0.25) is 0 Å². The van der Waals surface area contributed by atoms with E-state index in [9.17, 15) is 8.78 Å². The van der Waals surface area contributed by atoms with Crippen molar-refractivity contribution in [3.8, 4) is 22.6 Å². The smallest absolute Gasteiger partial charge is 0.261 e. The normalized spacial score (nSPS) is 18.5. The maximum Gasteiger partial charge on any atom is 0.261 e. The molecule has 0 radical (unpaired) electrons. The van der Waals surface area contributed by atoms with Crippen LogP contribution in [0.15, 0.2) is 48.9 Å². The van der Waals surface area contributed by atoms with Gasteiger partial charge >= 0.3 is 0 Å². The fourth-order valence-electron chi connectivity index (χ4n) is 5.60. The zero-order valence-electron chi connectivity index (χ0n) is 21.7. The fraction of sp³-hybridized carbons (Fsp3) is 0.357. The van der Waals surface area contributed by atoms with E-state index in [0.29, 0.717) is 13.1 Å². The first-order valence-corrected chi connectivity index (χ1v) is 13.2. The number of aromatic nitrogens is 6. The second-order valence-corrected chi connectivity index (χ2v) is 10.6. The van der Waals surface area contributed by atoms with Crippen LogP contribution in [0.5, 0.6) is 0 Å². The number of anilines is 1. The second kappa shape index (κ2) is 9.35. The van der Waals surface area contributed by atoms with Crippen LogP contribution in [-0.2, 0) is 6.54 Å². The average Bonchev–Trinajstić information content (AvgIpc) is 3.64. The van der Waals surface area contributed by atoms with E-state index in [4.69, 9.17) is 9.97 Å². The molecule has 7 rings (SSSR count). The Balaban J connectivity index is 1.21. The highest BCUT2D eigenvalue weighted by Gasteiger charge is 2.37. The van der Waals surface area contributed by atoms with Gasteiger partial charge in [0, 0.05) is 75.2 Å². The molecule has 200 valence electrons. The van der Waals surface area contributed by atoms with Crippen LogP contribution in [0, 0.1) is 0 Å². The molecule has 0 aromatic carbocycles. The fourth-order valence-corrected chi connectivity index (χ4v) is 5.60. The van der Waals surface area contributed by atoms with E-state index >= 15 is 0 Å². The number of fused-ring (bicyclic) bond motifs is 2. The van der Waals surface area contributed by atoms with Crippen molar-refractivity contribution in [2.75, 3.05) is 51.2 Å². The van der Waals surface area contributed by atoms with Gasteiger partial charge in [-0.15, -0.1) is 0 Å². The van der Waals surface area contributed by atoms with Gasteiger partial charge in [0.15, 0.2) is 0 Å². The van der Waals surface area contributed by atoms with Crippen molar-refractivity contribution in [3.05, 3.63) is 54.5 Å². The molecular formula is C28H29F2N9. The van der Waals surface area contributed by atoms with Crippen molar-refractivity contribution in [1.82, 2.24) is 39.9 Å². The van der Waals surface area contributed by atoms with Gasteiger partial charge in [0.05, 0.1) is 29.0 Å². The standard InChI is InChI=1S/C28H29F2N9/c1-37-8-10-39(11-9-37)27-20-13-24(33-22(20)4-6-32-27)26-25-23(35-36-26)3-2-21(34-25)19-12-18(14-31-15-19)16-38-7-5-28(29,30)17-38/h2-4,6,12-15,33H,5,7-11,16-17H2,1H3,(H,35,36). The molecule has 0 saturated carbocycles. The Morgan fingerprint density at radius 3 is 2.69 bits per heavy atom. The Hall–Kier alpha value is -3.96. The van der Waals surface area contributed by atoms with Crippen LogP contribution >= 0.6 is 0 Å². The zero-order valence-corrected chi connectivity index (χ0v) is 21.7. The highest BCUT2D eigenvalue weighted by Crippen LogP contribution is 2.33. The van der Waals surface area contributed by atoms with E-state index < -0.39 is 5.92 Å². The van der Waals surface area contributed by atoms with Gasteiger partial charge < -0.3 is 14.8 Å². The minimum atomic E-state index is -2.61. The van der Waals surface area contributed by atoms with Crippen LogP contribution in [-0.4, -0.2) is 92.2 Å². The molecule has 5 aromatic heterocycles. The minimum Gasteiger partial charge on any atom is -0.353 e. The van der Waals surface area contributed by atoms with Gasteiger partial charge in [-0.2, -0.15) is 5.10 Å². The average molecular weight is 530 g/mol. The third kappa shape index (κ3) is 4.61. The molecule has 0 bridgehead atoms. The number of rotatable bonds is 5. The molecule has 2 aliphatic heterocycles. The monoisotopic (exact) mass is 529 g/mol. The molecule has 7 heterocycles. The van der Waals surface area contributed by atoms with Crippen LogP contribution in [0.2, 0.25) is 0 Å². The lowest BCUT2D eigenvalue weighted by molar-refractivity contribution is 0.0115. The van der Waals surface area contributed by atoms with Crippen LogP contribution in [0.1, 0.15) is 12.0 Å². The lowest BCUT2D eigenvalue weighted by atomic mass is 10.1. The van der Waals surface area contributed by atoms with Gasteiger partial charge in [-0.1, -0.05) is 0 Å². The first-order valence-electron chi connectivity index (χ1n) is 13.2. The molecular weight excluding hydrogens is 500 g/mol. The molecule has 9 nitrogen and oxygen atoms in total. The Kier molecular flexibility index (Phi) is 5.78. The van der Waals surface area contributed by atoms with Crippen molar-refractivity contribution in [1.29, 1.82) is 0 Å². The summed E-state index contributed by atoms with van der Waals surface area (Å²) in [7, 11) is 2.14. The summed E-state index contributed by atoms with van der Waals surface area (Å²) in [5.74, 6) is -1.63. The highest BCUT2D eigenvalue weighted by atomic mass is 19.3. The summed E-state index contributed by atoms with van der Waals surface area (Å²) in [5, 5.41) is 8.76. The zero-order chi connectivity index (χ0) is 26.6. The number of aromatic amines is 2. The summed E-state index contributed by atoms with van der Waals surface area (Å²) < 4.78 is 27.3. The number of likely N-dealkylation sites (N-methyl/N-ethyl adjacent to an activating group) is 1. The quantitative estimate of drug-likeness (QED) is 0.353. The second-order valence-electron chi connectivity index (χ2n) is 10.6. The number of piperazine rings is 1. The molecule has 0 amide bonds. The van der Waals surface area contributed by atoms with E-state index in [1.165, 1.54) is 0 Å². The van der Waals surface area contributed by atoms with Crippen molar-refractivity contribution >= 4 is 27.8 Å². The predicted molar refractivity (Wildman–Crippen MR) is 147 cm³/mol. The number of alkyl halides is 2. The Labute approximate surface area is 223 Å². The molecule has 0 atom stereocenters. The Bertz CT molecular complexity index is 1650. The van der Waals surface area contributed by atoms with Crippen LogP contribution in [0.25, 0.3) is 44.6 Å². The maximum absolute atomic E-state index is 13.6. The number of nitrogens with zero attached hydrogens (tertiary/aromatic N) is 7. The number of likely N-dealkylation sites (tertiary alicyclic amines) is 1. The summed E-state index contributed by atoms with van der Waals surface area (Å²) in [4.78, 5) is 24.0. The topological polar surface area (TPSA) is 92.9 Å². The van der Waals surface area contributed by atoms with Gasteiger partial charge in [0.25, 0.3) is 5.92 Å². The van der Waals surface area contributed by atoms with Crippen molar-refractivity contribution in [2.45, 2.75) is 18.9 Å². The van der Waals surface area contributed by atoms with E-state index in [-0.39, 0.29) is 13.0 Å². The molecule has 39 heavy (non-hydrogen) atoms. The molecule has 5 aromatic rings.